The topological polar surface area (TPSA) is 96.3 Å². The van der Waals surface area contributed by atoms with Crippen LogP contribution in [0.15, 0.2) is 60.2 Å². The molecule has 2 N–H and O–H groups in total. The maximum Gasteiger partial charge on any atom is 0.300 e. The summed E-state index contributed by atoms with van der Waals surface area (Å²) in [7, 11) is 1.54. The van der Waals surface area contributed by atoms with E-state index in [4.69, 9.17) is 21.1 Å². The minimum Gasteiger partial charge on any atom is -0.507 e. The Hall–Kier alpha value is -3.97. The lowest BCUT2D eigenvalue weighted by molar-refractivity contribution is -0.132. The van der Waals surface area contributed by atoms with E-state index in [1.165, 1.54) is 18.1 Å². The van der Waals surface area contributed by atoms with Crippen molar-refractivity contribution in [1.82, 2.24) is 0 Å². The van der Waals surface area contributed by atoms with Crippen molar-refractivity contribution in [2.75, 3.05) is 18.6 Å². The third-order valence-corrected chi connectivity index (χ3v) is 6.40. The second-order valence-corrected chi connectivity index (χ2v) is 8.88. The van der Waals surface area contributed by atoms with Gasteiger partial charge in [0, 0.05) is 16.3 Å². The number of hydrogen-bond donors (Lipinski definition) is 2. The minimum atomic E-state index is -0.997. The van der Waals surface area contributed by atoms with E-state index in [9.17, 15) is 19.8 Å². The first-order valence-electron chi connectivity index (χ1n) is 11.4. The van der Waals surface area contributed by atoms with Crippen molar-refractivity contribution in [3.8, 4) is 17.2 Å². The number of aryl methyl sites for hydroxylation is 2. The van der Waals surface area contributed by atoms with E-state index in [0.717, 1.165) is 5.56 Å². The van der Waals surface area contributed by atoms with Crippen LogP contribution in [0.4, 0.5) is 5.69 Å². The van der Waals surface area contributed by atoms with Crippen LogP contribution in [0.1, 0.15) is 35.2 Å². The quantitative estimate of drug-likeness (QED) is 0.252. The molecule has 3 aromatic rings. The van der Waals surface area contributed by atoms with Crippen molar-refractivity contribution in [2.45, 2.75) is 26.8 Å². The second kappa shape index (κ2) is 9.95. The molecule has 1 unspecified atom stereocenters. The van der Waals surface area contributed by atoms with E-state index < -0.39 is 17.7 Å². The van der Waals surface area contributed by atoms with Gasteiger partial charge in [-0.2, -0.15) is 0 Å². The number of ketones is 1. The molecule has 0 spiro atoms. The number of methoxy groups -OCH3 is 1. The normalized spacial score (nSPS) is 16.9. The SMILES string of the molecule is CCOc1cc(C2/C(=C(\O)c3ccc(OC)cc3C)C(=O)C(=O)N2c2cc(Cl)ccc2C)ccc1O. The van der Waals surface area contributed by atoms with Gasteiger partial charge in [0.2, 0.25) is 0 Å². The smallest absolute Gasteiger partial charge is 0.300 e. The lowest BCUT2D eigenvalue weighted by Gasteiger charge is -2.27. The molecule has 0 aliphatic carbocycles. The average Bonchev–Trinajstić information content (AvgIpc) is 3.12. The fourth-order valence-corrected chi connectivity index (χ4v) is 4.55. The maximum atomic E-state index is 13.4. The number of phenols is 1. The Kier molecular flexibility index (Phi) is 6.95. The van der Waals surface area contributed by atoms with Gasteiger partial charge in [0.15, 0.2) is 11.5 Å². The van der Waals surface area contributed by atoms with Crippen LogP contribution in [0.3, 0.4) is 0 Å². The minimum absolute atomic E-state index is 0.0810. The van der Waals surface area contributed by atoms with Crippen molar-refractivity contribution in [1.29, 1.82) is 0 Å². The number of anilines is 1. The summed E-state index contributed by atoms with van der Waals surface area (Å²) in [5.74, 6) is -1.24. The van der Waals surface area contributed by atoms with E-state index in [0.29, 0.717) is 39.8 Å². The number of aliphatic hydroxyl groups excluding tert-OH is 1. The molecule has 0 bridgehead atoms. The number of nitrogens with zero attached hydrogens (tertiary/aromatic N) is 1. The molecule has 1 atom stereocenters. The highest BCUT2D eigenvalue weighted by molar-refractivity contribution is 6.52. The van der Waals surface area contributed by atoms with Gasteiger partial charge in [0.05, 0.1) is 25.3 Å². The van der Waals surface area contributed by atoms with Crippen LogP contribution in [-0.4, -0.2) is 35.6 Å². The Bertz CT molecular complexity index is 1400. The predicted molar refractivity (Wildman–Crippen MR) is 138 cm³/mol. The fourth-order valence-electron chi connectivity index (χ4n) is 4.38. The van der Waals surface area contributed by atoms with E-state index >= 15 is 0 Å². The first kappa shape index (κ1) is 25.1. The molecule has 7 nitrogen and oxygen atoms in total. The van der Waals surface area contributed by atoms with Gasteiger partial charge in [-0.05, 0) is 79.9 Å². The maximum absolute atomic E-state index is 13.4. The van der Waals surface area contributed by atoms with Crippen LogP contribution in [0, 0.1) is 13.8 Å². The largest absolute Gasteiger partial charge is 0.507 e. The molecule has 4 rings (SSSR count). The zero-order valence-corrected chi connectivity index (χ0v) is 21.1. The van der Waals surface area contributed by atoms with Gasteiger partial charge in [-0.25, -0.2) is 0 Å². The number of phenolic OH excluding ortho intramolecular Hbond substituents is 1. The Morgan fingerprint density at radius 2 is 1.78 bits per heavy atom. The van der Waals surface area contributed by atoms with Crippen LogP contribution < -0.4 is 14.4 Å². The van der Waals surface area contributed by atoms with Crippen molar-refractivity contribution in [2.24, 2.45) is 0 Å². The number of halogens is 1. The zero-order valence-electron chi connectivity index (χ0n) is 20.3. The Balaban J connectivity index is 2.00. The van der Waals surface area contributed by atoms with Crippen LogP contribution >= 0.6 is 11.6 Å². The Labute approximate surface area is 214 Å². The third kappa shape index (κ3) is 4.38. The molecule has 1 saturated heterocycles. The predicted octanol–water partition coefficient (Wildman–Crippen LogP) is 5.70. The number of hydrogen-bond acceptors (Lipinski definition) is 6. The molecule has 186 valence electrons. The van der Waals surface area contributed by atoms with E-state index in [1.54, 1.807) is 69.3 Å². The molecule has 1 aliphatic heterocycles. The van der Waals surface area contributed by atoms with Crippen LogP contribution in [0.25, 0.3) is 5.76 Å². The van der Waals surface area contributed by atoms with Gasteiger partial charge in [0.25, 0.3) is 11.7 Å². The summed E-state index contributed by atoms with van der Waals surface area (Å²) < 4.78 is 10.8. The van der Waals surface area contributed by atoms with E-state index in [-0.39, 0.29) is 22.8 Å². The summed E-state index contributed by atoms with van der Waals surface area (Å²) in [4.78, 5) is 28.2. The molecular weight excluding hydrogens is 482 g/mol. The Morgan fingerprint density at radius 1 is 1.03 bits per heavy atom. The lowest BCUT2D eigenvalue weighted by atomic mass is 9.93. The van der Waals surface area contributed by atoms with E-state index in [1.807, 2.05) is 0 Å². The summed E-state index contributed by atoms with van der Waals surface area (Å²) in [6.45, 7) is 5.66. The molecule has 8 heteroatoms. The number of amides is 1. The molecule has 0 radical (unpaired) electrons. The van der Waals surface area contributed by atoms with Crippen molar-refractivity contribution >= 4 is 34.7 Å². The summed E-state index contributed by atoms with van der Waals surface area (Å²) in [6.07, 6.45) is 0. The number of aliphatic hydroxyl groups is 1. The standard InChI is InChI=1S/C28H26ClNO6/c1-5-36-23-13-17(7-11-22(23)31)25-24(26(32)20-10-9-19(35-4)12-16(20)3)27(33)28(34)30(25)21-14-18(29)8-6-15(21)2/h6-14,25,31-32H,5H2,1-4H3/b26-24+. The van der Waals surface area contributed by atoms with Crippen molar-refractivity contribution < 1.29 is 29.3 Å². The number of benzene rings is 3. The van der Waals surface area contributed by atoms with Crippen LogP contribution in [-0.2, 0) is 9.59 Å². The summed E-state index contributed by atoms with van der Waals surface area (Å²) in [5.41, 5.74) is 2.60. The van der Waals surface area contributed by atoms with Crippen molar-refractivity contribution in [3.05, 3.63) is 87.4 Å². The summed E-state index contributed by atoms with van der Waals surface area (Å²) in [5, 5.41) is 22.1. The van der Waals surface area contributed by atoms with Gasteiger partial charge < -0.3 is 19.7 Å². The van der Waals surface area contributed by atoms with Crippen molar-refractivity contribution in [3.63, 3.8) is 0 Å². The first-order chi connectivity index (χ1) is 17.2. The van der Waals surface area contributed by atoms with Gasteiger partial charge in [0.1, 0.15) is 11.5 Å². The summed E-state index contributed by atoms with van der Waals surface area (Å²) in [6, 6.07) is 13.7. The first-order valence-corrected chi connectivity index (χ1v) is 11.7. The molecule has 3 aromatic carbocycles. The molecule has 0 saturated carbocycles. The number of Topliss-reactive ketones (excluding diaryl/α,β-unsaturated/α-hetero) is 1. The van der Waals surface area contributed by atoms with Gasteiger partial charge >= 0.3 is 0 Å². The van der Waals surface area contributed by atoms with Crippen LogP contribution in [0.2, 0.25) is 5.02 Å². The highest BCUT2D eigenvalue weighted by Crippen LogP contribution is 2.45. The van der Waals surface area contributed by atoms with Crippen LogP contribution in [0.5, 0.6) is 17.2 Å². The molecule has 36 heavy (non-hydrogen) atoms. The third-order valence-electron chi connectivity index (χ3n) is 6.16. The number of carbonyl (C=O) groups is 2. The molecule has 1 aliphatic rings. The average molecular weight is 508 g/mol. The second-order valence-electron chi connectivity index (χ2n) is 8.44. The van der Waals surface area contributed by atoms with E-state index in [2.05, 4.69) is 0 Å². The summed E-state index contributed by atoms with van der Waals surface area (Å²) >= 11 is 6.26. The number of aromatic hydroxyl groups is 1. The monoisotopic (exact) mass is 507 g/mol. The number of rotatable bonds is 6. The highest BCUT2D eigenvalue weighted by Gasteiger charge is 2.47. The molecule has 1 fully saturated rings. The van der Waals surface area contributed by atoms with Gasteiger partial charge in [-0.1, -0.05) is 23.7 Å². The highest BCUT2D eigenvalue weighted by atomic mass is 35.5. The van der Waals surface area contributed by atoms with Gasteiger partial charge in [-0.15, -0.1) is 0 Å². The fraction of sp³-hybridized carbons (Fsp3) is 0.214. The molecule has 0 aromatic heterocycles. The lowest BCUT2D eigenvalue weighted by Crippen LogP contribution is -2.30. The van der Waals surface area contributed by atoms with Gasteiger partial charge in [-0.3, -0.25) is 14.5 Å². The Morgan fingerprint density at radius 3 is 2.44 bits per heavy atom. The molecule has 1 amide bonds. The number of carbonyl (C=O) groups excluding carboxylic acids is 2. The number of ether oxygens (including phenoxy) is 2. The molecule has 1 heterocycles. The molecular formula is C28H26ClNO6. The zero-order chi connectivity index (χ0) is 26.1.